The van der Waals surface area contributed by atoms with E-state index in [4.69, 9.17) is 23.7 Å². The van der Waals surface area contributed by atoms with Gasteiger partial charge < -0.3 is 33.9 Å². The van der Waals surface area contributed by atoms with Gasteiger partial charge in [-0.3, -0.25) is 4.79 Å². The number of carbonyl (C=O) groups is 1. The highest BCUT2D eigenvalue weighted by atomic mass is 16.7. The van der Waals surface area contributed by atoms with E-state index in [1.807, 2.05) is 32.9 Å². The summed E-state index contributed by atoms with van der Waals surface area (Å²) < 4.78 is 31.8. The summed E-state index contributed by atoms with van der Waals surface area (Å²) in [5, 5.41) is 23.7. The lowest BCUT2D eigenvalue weighted by Gasteiger charge is -2.51. The largest absolute Gasteiger partial charge is 0.462 e. The van der Waals surface area contributed by atoms with E-state index in [0.717, 1.165) is 17.6 Å². The van der Waals surface area contributed by atoms with Crippen LogP contribution in [-0.2, 0) is 28.5 Å². The summed E-state index contributed by atoms with van der Waals surface area (Å²) in [5.74, 6) is -2.11. The summed E-state index contributed by atoms with van der Waals surface area (Å²) in [6, 6.07) is 0. The molecule has 2 bridgehead atoms. The molecule has 45 heavy (non-hydrogen) atoms. The third-order valence-electron chi connectivity index (χ3n) is 10.3. The molecule has 0 aromatic heterocycles. The van der Waals surface area contributed by atoms with E-state index >= 15 is 0 Å². The minimum absolute atomic E-state index is 0.110. The van der Waals surface area contributed by atoms with Crippen molar-refractivity contribution in [1.82, 2.24) is 0 Å². The molecule has 0 radical (unpaired) electrons. The lowest BCUT2D eigenvalue weighted by atomic mass is 9.70. The number of hydrogen-bond donors (Lipinski definition) is 2. The fourth-order valence-corrected chi connectivity index (χ4v) is 8.14. The van der Waals surface area contributed by atoms with Gasteiger partial charge in [-0.05, 0) is 62.2 Å². The highest BCUT2D eigenvalue weighted by Gasteiger charge is 2.60. The number of rotatable bonds is 3. The van der Waals surface area contributed by atoms with E-state index in [0.29, 0.717) is 37.2 Å². The Bertz CT molecular complexity index is 1260. The number of hydrogen-bond acceptors (Lipinski definition) is 8. The van der Waals surface area contributed by atoms with Gasteiger partial charge in [0.1, 0.15) is 29.8 Å². The highest BCUT2D eigenvalue weighted by Crippen LogP contribution is 2.48. The number of aliphatic hydroxyl groups excluding tert-OH is 1. The standard InChI is InChI=1S/C37H54O8/c1-21(2)14-24(5)32-26(7)31(38)19-36(45-32)18-29-17-28(44-36)13-12-23(4)15-22(3)10-9-11-27-20-42-34-33(41-8)25(6)16-30(35(39)43-29)37(27,34)40/h9-12,14,16,21-22,26,28-34,38,40H,13,15,17-20H2,1-8H3/b10-9-,23-12-,24-14-,27-11-/t22-,26-,28+,29-,30-,31-,32+,33+,34+,36-,37+/m0/s1. The lowest BCUT2D eigenvalue weighted by molar-refractivity contribution is -0.342. The number of esters is 1. The number of fused-ring (bicyclic) bond motifs is 2. The molecular formula is C37H54O8. The number of allylic oxidation sites excluding steroid dienone is 5. The zero-order chi connectivity index (χ0) is 32.7. The zero-order valence-electron chi connectivity index (χ0n) is 28.3. The molecule has 5 aliphatic rings. The van der Waals surface area contributed by atoms with Gasteiger partial charge in [0.15, 0.2) is 5.79 Å². The lowest BCUT2D eigenvalue weighted by Crippen LogP contribution is -2.59. The van der Waals surface area contributed by atoms with Crippen LogP contribution < -0.4 is 0 Å². The van der Waals surface area contributed by atoms with Gasteiger partial charge >= 0.3 is 5.97 Å². The van der Waals surface area contributed by atoms with Crippen molar-refractivity contribution < 1.29 is 38.7 Å². The first-order chi connectivity index (χ1) is 21.3. The van der Waals surface area contributed by atoms with Crippen LogP contribution in [0.3, 0.4) is 0 Å². The third-order valence-corrected chi connectivity index (χ3v) is 10.3. The molecule has 1 spiro atoms. The molecule has 3 fully saturated rings. The van der Waals surface area contributed by atoms with Crippen molar-refractivity contribution >= 4 is 5.97 Å². The number of aliphatic hydroxyl groups is 2. The summed E-state index contributed by atoms with van der Waals surface area (Å²) in [5.41, 5.74) is 2.14. The number of carbonyl (C=O) groups excluding carboxylic acids is 1. The Balaban J connectivity index is 1.53. The molecule has 4 heterocycles. The highest BCUT2D eigenvalue weighted by molar-refractivity contribution is 5.78. The van der Waals surface area contributed by atoms with Crippen molar-refractivity contribution in [3.05, 3.63) is 58.7 Å². The van der Waals surface area contributed by atoms with Crippen molar-refractivity contribution in [2.24, 2.45) is 23.7 Å². The summed E-state index contributed by atoms with van der Waals surface area (Å²) in [4.78, 5) is 14.2. The predicted molar refractivity (Wildman–Crippen MR) is 172 cm³/mol. The van der Waals surface area contributed by atoms with Crippen LogP contribution in [0.15, 0.2) is 58.7 Å². The molecule has 0 unspecified atom stereocenters. The second kappa shape index (κ2) is 13.6. The maximum atomic E-state index is 14.2. The molecule has 5 rings (SSSR count). The van der Waals surface area contributed by atoms with Gasteiger partial charge in [0.25, 0.3) is 0 Å². The fraction of sp³-hybridized carbons (Fsp3) is 0.703. The molecule has 0 aromatic carbocycles. The van der Waals surface area contributed by atoms with Gasteiger partial charge in [0.05, 0.1) is 24.9 Å². The van der Waals surface area contributed by atoms with Crippen molar-refractivity contribution in [2.45, 2.75) is 129 Å². The van der Waals surface area contributed by atoms with Gasteiger partial charge in [-0.25, -0.2) is 0 Å². The Morgan fingerprint density at radius 1 is 1.16 bits per heavy atom. The Kier molecular flexibility index (Phi) is 10.3. The molecular weight excluding hydrogens is 572 g/mol. The Morgan fingerprint density at radius 3 is 2.62 bits per heavy atom. The van der Waals surface area contributed by atoms with Gasteiger partial charge in [-0.15, -0.1) is 0 Å². The van der Waals surface area contributed by atoms with Crippen LogP contribution in [0.1, 0.15) is 80.6 Å². The van der Waals surface area contributed by atoms with Crippen molar-refractivity contribution in [3.8, 4) is 0 Å². The summed E-state index contributed by atoms with van der Waals surface area (Å²) in [6.45, 7) is 14.7. The van der Waals surface area contributed by atoms with E-state index in [1.165, 1.54) is 5.57 Å². The Labute approximate surface area is 269 Å². The average Bonchev–Trinajstić information content (AvgIpc) is 3.29. The topological polar surface area (TPSA) is 104 Å². The zero-order valence-corrected chi connectivity index (χ0v) is 28.3. The van der Waals surface area contributed by atoms with Crippen molar-refractivity contribution in [2.75, 3.05) is 13.7 Å². The first kappa shape index (κ1) is 34.3. The molecule has 0 saturated carbocycles. The number of ether oxygens (including phenoxy) is 5. The van der Waals surface area contributed by atoms with Crippen LogP contribution in [0, 0.1) is 23.7 Å². The number of methoxy groups -OCH3 is 1. The molecule has 1 aliphatic carbocycles. The van der Waals surface area contributed by atoms with Gasteiger partial charge in [0, 0.05) is 32.3 Å². The quantitative estimate of drug-likeness (QED) is 0.302. The maximum Gasteiger partial charge on any atom is 0.316 e. The fourth-order valence-electron chi connectivity index (χ4n) is 8.14. The maximum absolute atomic E-state index is 14.2. The van der Waals surface area contributed by atoms with E-state index in [2.05, 4.69) is 45.9 Å². The van der Waals surface area contributed by atoms with E-state index < -0.39 is 47.7 Å². The van der Waals surface area contributed by atoms with Gasteiger partial charge in [-0.1, -0.05) is 69.7 Å². The minimum Gasteiger partial charge on any atom is -0.462 e. The molecule has 11 atom stereocenters. The second-order valence-corrected chi connectivity index (χ2v) is 14.6. The SMILES string of the molecule is CO[C@@H]1C(C)=C[C@H]2C(=O)O[C@H]3C[C@@H](C/C=C(/C)C[C@@H](C)/C=C\C=C4\CO[C@H]1[C@@]42O)O[C@]1(C3)C[C@H](O)[C@H](C)[C@@H](/C(C)=C\C(C)C)O1. The van der Waals surface area contributed by atoms with Crippen LogP contribution in [0.5, 0.6) is 0 Å². The van der Waals surface area contributed by atoms with Gasteiger partial charge in [0.2, 0.25) is 0 Å². The van der Waals surface area contributed by atoms with E-state index in [1.54, 1.807) is 13.2 Å². The monoisotopic (exact) mass is 626 g/mol. The smallest absolute Gasteiger partial charge is 0.316 e. The van der Waals surface area contributed by atoms with E-state index in [9.17, 15) is 15.0 Å². The molecule has 8 heteroatoms. The third kappa shape index (κ3) is 6.97. The van der Waals surface area contributed by atoms with Crippen LogP contribution in [-0.4, -0.2) is 77.9 Å². The van der Waals surface area contributed by atoms with Crippen molar-refractivity contribution in [3.63, 3.8) is 0 Å². The molecule has 4 aliphatic heterocycles. The predicted octanol–water partition coefficient (Wildman–Crippen LogP) is 5.74. The summed E-state index contributed by atoms with van der Waals surface area (Å²) in [7, 11) is 1.59. The molecule has 8 nitrogen and oxygen atoms in total. The molecule has 3 saturated heterocycles. The van der Waals surface area contributed by atoms with Crippen molar-refractivity contribution in [1.29, 1.82) is 0 Å². The molecule has 0 aromatic rings. The average molecular weight is 627 g/mol. The Hall–Kier alpha value is -2.07. The summed E-state index contributed by atoms with van der Waals surface area (Å²) in [6.07, 6.45) is 11.7. The second-order valence-electron chi connectivity index (χ2n) is 14.6. The molecule has 250 valence electrons. The van der Waals surface area contributed by atoms with Gasteiger partial charge in [-0.2, -0.15) is 0 Å². The first-order valence-corrected chi connectivity index (χ1v) is 16.8. The molecule has 0 amide bonds. The first-order valence-electron chi connectivity index (χ1n) is 16.8. The molecule has 2 N–H and O–H groups in total. The van der Waals surface area contributed by atoms with Crippen LogP contribution in [0.2, 0.25) is 0 Å². The van der Waals surface area contributed by atoms with Crippen LogP contribution in [0.25, 0.3) is 0 Å². The van der Waals surface area contributed by atoms with Crippen LogP contribution >= 0.6 is 0 Å². The Morgan fingerprint density at radius 2 is 1.91 bits per heavy atom. The minimum atomic E-state index is -1.61. The van der Waals surface area contributed by atoms with E-state index in [-0.39, 0.29) is 30.7 Å². The van der Waals surface area contributed by atoms with Crippen LogP contribution in [0.4, 0.5) is 0 Å². The normalized spacial score (nSPS) is 46.0. The summed E-state index contributed by atoms with van der Waals surface area (Å²) >= 11 is 0.